The molecule has 3 rings (SSSR count). The largest absolute Gasteiger partial charge is 0.508 e. The molecule has 1 aromatic rings. The van der Waals surface area contributed by atoms with Crippen molar-refractivity contribution in [3.05, 3.63) is 29.8 Å². The average molecular weight is 390 g/mol. The van der Waals surface area contributed by atoms with E-state index in [0.29, 0.717) is 11.7 Å². The van der Waals surface area contributed by atoms with Gasteiger partial charge in [-0.3, -0.25) is 14.6 Å². The molecule has 28 heavy (non-hydrogen) atoms. The topological polar surface area (TPSA) is 65.0 Å². The summed E-state index contributed by atoms with van der Waals surface area (Å²) in [6, 6.07) is 7.41. The second kappa shape index (κ2) is 10.8. The number of benzene rings is 1. The second-order valence-electron chi connectivity index (χ2n) is 8.22. The number of hydrogen-bond acceptors (Lipinski definition) is 5. The Kier molecular flexibility index (Phi) is 8.13. The van der Waals surface area contributed by atoms with E-state index in [-0.39, 0.29) is 11.8 Å². The van der Waals surface area contributed by atoms with Crippen LogP contribution in [0.15, 0.2) is 24.3 Å². The molecular formula is C22H35N3O3. The van der Waals surface area contributed by atoms with Crippen molar-refractivity contribution in [1.29, 1.82) is 0 Å². The second-order valence-corrected chi connectivity index (χ2v) is 8.22. The maximum Gasteiger partial charge on any atom is 0.224 e. The van der Waals surface area contributed by atoms with Gasteiger partial charge in [0.25, 0.3) is 0 Å². The Labute approximate surface area is 168 Å². The van der Waals surface area contributed by atoms with E-state index in [4.69, 9.17) is 4.74 Å². The number of nitrogens with zero attached hydrogens (tertiary/aromatic N) is 2. The standard InChI is InChI=1S/C22H35N3O3/c1-2-3-8-23-22(27)20-13-19(15-24-9-11-28-12-10-24)16-25(17-20)14-18-4-6-21(26)7-5-18/h4-7,19-20,26H,2-3,8-17H2,1H3,(H,23,27)/t19-,20-/m1/s1. The highest BCUT2D eigenvalue weighted by Gasteiger charge is 2.32. The van der Waals surface area contributed by atoms with E-state index in [2.05, 4.69) is 22.0 Å². The summed E-state index contributed by atoms with van der Waals surface area (Å²) in [5.74, 6) is 1.04. The van der Waals surface area contributed by atoms with Crippen molar-refractivity contribution >= 4 is 5.91 Å². The fraction of sp³-hybridized carbons (Fsp3) is 0.682. The Morgan fingerprint density at radius 2 is 1.93 bits per heavy atom. The van der Waals surface area contributed by atoms with E-state index in [1.54, 1.807) is 12.1 Å². The molecule has 0 aromatic heterocycles. The lowest BCUT2D eigenvalue weighted by atomic mass is 9.87. The van der Waals surface area contributed by atoms with E-state index in [1.165, 1.54) is 5.56 Å². The van der Waals surface area contributed by atoms with Crippen molar-refractivity contribution in [3.8, 4) is 5.75 Å². The van der Waals surface area contributed by atoms with Gasteiger partial charge in [0.15, 0.2) is 0 Å². The number of likely N-dealkylation sites (tertiary alicyclic amines) is 1. The molecule has 6 nitrogen and oxygen atoms in total. The number of aromatic hydroxyl groups is 1. The summed E-state index contributed by atoms with van der Waals surface area (Å²) >= 11 is 0. The molecule has 0 radical (unpaired) electrons. The first-order chi connectivity index (χ1) is 13.6. The summed E-state index contributed by atoms with van der Waals surface area (Å²) in [5.41, 5.74) is 1.18. The number of carbonyl (C=O) groups is 1. The van der Waals surface area contributed by atoms with Crippen molar-refractivity contribution in [2.75, 3.05) is 52.5 Å². The summed E-state index contributed by atoms with van der Waals surface area (Å²) in [7, 11) is 0. The molecule has 6 heteroatoms. The van der Waals surface area contributed by atoms with Gasteiger partial charge < -0.3 is 15.2 Å². The number of amides is 1. The summed E-state index contributed by atoms with van der Waals surface area (Å²) in [6.45, 7) is 10.2. The zero-order chi connectivity index (χ0) is 19.8. The highest BCUT2D eigenvalue weighted by Crippen LogP contribution is 2.25. The van der Waals surface area contributed by atoms with Crippen molar-refractivity contribution in [2.24, 2.45) is 11.8 Å². The van der Waals surface area contributed by atoms with E-state index in [9.17, 15) is 9.90 Å². The quantitative estimate of drug-likeness (QED) is 0.667. The van der Waals surface area contributed by atoms with Crippen molar-refractivity contribution in [2.45, 2.75) is 32.7 Å². The first-order valence-electron chi connectivity index (χ1n) is 10.7. The highest BCUT2D eigenvalue weighted by molar-refractivity contribution is 5.79. The molecule has 2 aliphatic rings. The van der Waals surface area contributed by atoms with Crippen LogP contribution in [0.25, 0.3) is 0 Å². The number of phenols is 1. The van der Waals surface area contributed by atoms with E-state index in [0.717, 1.165) is 78.3 Å². The first kappa shape index (κ1) is 21.1. The normalized spacial score (nSPS) is 24.2. The molecule has 0 spiro atoms. The summed E-state index contributed by atoms with van der Waals surface area (Å²) in [5, 5.41) is 12.7. The van der Waals surface area contributed by atoms with Crippen LogP contribution in [0.2, 0.25) is 0 Å². The maximum atomic E-state index is 12.7. The molecule has 2 aliphatic heterocycles. The van der Waals surface area contributed by atoms with Gasteiger partial charge in [0.05, 0.1) is 19.1 Å². The van der Waals surface area contributed by atoms with Crippen LogP contribution in [-0.2, 0) is 16.1 Å². The molecule has 2 fully saturated rings. The van der Waals surface area contributed by atoms with E-state index in [1.807, 2.05) is 12.1 Å². The fourth-order valence-electron chi connectivity index (χ4n) is 4.30. The lowest BCUT2D eigenvalue weighted by molar-refractivity contribution is -0.127. The molecule has 2 heterocycles. The zero-order valence-corrected chi connectivity index (χ0v) is 17.1. The lowest BCUT2D eigenvalue weighted by Crippen LogP contribution is -2.50. The van der Waals surface area contributed by atoms with Gasteiger partial charge in [-0.15, -0.1) is 0 Å². The molecule has 0 saturated carbocycles. The predicted octanol–water partition coefficient (Wildman–Crippen LogP) is 2.08. The number of nitrogens with one attached hydrogen (secondary N) is 1. The van der Waals surface area contributed by atoms with Gasteiger partial charge in [0, 0.05) is 45.8 Å². The number of ether oxygens (including phenoxy) is 1. The van der Waals surface area contributed by atoms with Gasteiger partial charge in [-0.05, 0) is 36.5 Å². The number of rotatable bonds is 8. The molecule has 1 amide bonds. The fourth-order valence-corrected chi connectivity index (χ4v) is 4.30. The molecule has 2 atom stereocenters. The van der Waals surface area contributed by atoms with E-state index < -0.39 is 0 Å². The van der Waals surface area contributed by atoms with Crippen LogP contribution in [0.3, 0.4) is 0 Å². The Bertz CT molecular complexity index is 602. The van der Waals surface area contributed by atoms with Gasteiger partial charge in [-0.1, -0.05) is 25.5 Å². The summed E-state index contributed by atoms with van der Waals surface area (Å²) in [4.78, 5) is 17.6. The highest BCUT2D eigenvalue weighted by atomic mass is 16.5. The molecule has 2 N–H and O–H groups in total. The number of morpholine rings is 1. The number of phenolic OH excluding ortho intramolecular Hbond substituents is 1. The molecule has 2 saturated heterocycles. The van der Waals surface area contributed by atoms with Crippen LogP contribution >= 0.6 is 0 Å². The Morgan fingerprint density at radius 3 is 2.64 bits per heavy atom. The monoisotopic (exact) mass is 389 g/mol. The molecule has 156 valence electrons. The summed E-state index contributed by atoms with van der Waals surface area (Å²) in [6.07, 6.45) is 3.09. The third kappa shape index (κ3) is 6.47. The van der Waals surface area contributed by atoms with Crippen molar-refractivity contribution in [1.82, 2.24) is 15.1 Å². The maximum absolute atomic E-state index is 12.7. The molecule has 0 bridgehead atoms. The SMILES string of the molecule is CCCCNC(=O)[C@@H]1C[C@H](CN2CCOCC2)CN(Cc2ccc(O)cc2)C1. The van der Waals surface area contributed by atoms with Gasteiger partial charge in [-0.25, -0.2) is 0 Å². The smallest absolute Gasteiger partial charge is 0.224 e. The molecular weight excluding hydrogens is 354 g/mol. The number of carbonyl (C=O) groups excluding carboxylic acids is 1. The van der Waals surface area contributed by atoms with Crippen LogP contribution in [0, 0.1) is 11.8 Å². The lowest BCUT2D eigenvalue weighted by Gasteiger charge is -2.40. The van der Waals surface area contributed by atoms with Crippen LogP contribution in [0.1, 0.15) is 31.7 Å². The number of hydrogen-bond donors (Lipinski definition) is 2. The van der Waals surface area contributed by atoms with E-state index >= 15 is 0 Å². The van der Waals surface area contributed by atoms with Crippen LogP contribution in [0.4, 0.5) is 0 Å². The van der Waals surface area contributed by atoms with Gasteiger partial charge >= 0.3 is 0 Å². The number of unbranched alkanes of at least 4 members (excludes halogenated alkanes) is 1. The zero-order valence-electron chi connectivity index (χ0n) is 17.1. The van der Waals surface area contributed by atoms with Gasteiger partial charge in [0.2, 0.25) is 5.91 Å². The van der Waals surface area contributed by atoms with Crippen LogP contribution in [0.5, 0.6) is 5.75 Å². The Balaban J connectivity index is 1.62. The number of piperidine rings is 1. The molecule has 1 aromatic carbocycles. The summed E-state index contributed by atoms with van der Waals surface area (Å²) < 4.78 is 5.48. The Morgan fingerprint density at radius 1 is 1.18 bits per heavy atom. The third-order valence-corrected chi connectivity index (χ3v) is 5.78. The van der Waals surface area contributed by atoms with Crippen LogP contribution < -0.4 is 5.32 Å². The minimum atomic E-state index is 0.0498. The van der Waals surface area contributed by atoms with Crippen molar-refractivity contribution in [3.63, 3.8) is 0 Å². The van der Waals surface area contributed by atoms with Crippen LogP contribution in [-0.4, -0.2) is 73.3 Å². The minimum absolute atomic E-state index is 0.0498. The first-order valence-corrected chi connectivity index (χ1v) is 10.7. The Hall–Kier alpha value is -1.63. The van der Waals surface area contributed by atoms with Crippen molar-refractivity contribution < 1.29 is 14.6 Å². The third-order valence-electron chi connectivity index (χ3n) is 5.78. The average Bonchev–Trinajstić information content (AvgIpc) is 2.70. The molecule has 0 unspecified atom stereocenters. The van der Waals surface area contributed by atoms with Gasteiger partial charge in [0.1, 0.15) is 5.75 Å². The molecule has 0 aliphatic carbocycles. The predicted molar refractivity (Wildman–Crippen MR) is 110 cm³/mol. The van der Waals surface area contributed by atoms with Gasteiger partial charge in [-0.2, -0.15) is 0 Å². The minimum Gasteiger partial charge on any atom is -0.508 e.